The summed E-state index contributed by atoms with van der Waals surface area (Å²) in [6, 6.07) is 13.0. The number of hydrogen-bond donors (Lipinski definition) is 1. The van der Waals surface area contributed by atoms with Gasteiger partial charge in [-0.1, -0.05) is 37.6 Å². The third kappa shape index (κ3) is 7.17. The van der Waals surface area contributed by atoms with Crippen LogP contribution < -0.4 is 14.2 Å². The van der Waals surface area contributed by atoms with Crippen LogP contribution in [0, 0.1) is 11.3 Å². The lowest BCUT2D eigenvalue weighted by Gasteiger charge is -2.27. The molecule has 1 N–H and O–H groups in total. The molecule has 2 aromatic rings. The fourth-order valence-corrected chi connectivity index (χ4v) is 4.19. The number of sulfonamides is 1. The number of nitrogens with one attached hydrogen (secondary N) is 1. The Morgan fingerprint density at radius 2 is 1.94 bits per heavy atom. The van der Waals surface area contributed by atoms with E-state index in [4.69, 9.17) is 37.4 Å². The fraction of sp³-hybridized carbons (Fsp3) is 0.417. The van der Waals surface area contributed by atoms with Gasteiger partial charge in [-0.05, 0) is 42.3 Å². The van der Waals surface area contributed by atoms with Gasteiger partial charge in [-0.15, -0.1) is 11.6 Å². The van der Waals surface area contributed by atoms with E-state index in [1.54, 1.807) is 19.1 Å². The van der Waals surface area contributed by atoms with Crippen molar-refractivity contribution in [2.24, 2.45) is 4.99 Å². The van der Waals surface area contributed by atoms with Gasteiger partial charge in [0.25, 0.3) is 6.02 Å². The van der Waals surface area contributed by atoms with Crippen molar-refractivity contribution in [3.05, 3.63) is 58.1 Å². The van der Waals surface area contributed by atoms with Gasteiger partial charge in [-0.2, -0.15) is 5.26 Å². The summed E-state index contributed by atoms with van der Waals surface area (Å²) < 4.78 is 41.5. The van der Waals surface area contributed by atoms with Crippen LogP contribution in [-0.4, -0.2) is 51.9 Å². The Hall–Kier alpha value is -2.67. The molecule has 0 spiro atoms. The maximum absolute atomic E-state index is 11.3. The van der Waals surface area contributed by atoms with Gasteiger partial charge in [0.1, 0.15) is 37.7 Å². The van der Waals surface area contributed by atoms with Gasteiger partial charge in [0.2, 0.25) is 10.0 Å². The van der Waals surface area contributed by atoms with Crippen LogP contribution in [0.2, 0.25) is 5.02 Å². The van der Waals surface area contributed by atoms with E-state index in [1.807, 2.05) is 38.1 Å². The highest BCUT2D eigenvalue weighted by Gasteiger charge is 2.26. The Morgan fingerprint density at radius 1 is 1.26 bits per heavy atom. The first kappa shape index (κ1) is 26.9. The lowest BCUT2D eigenvalue weighted by atomic mass is 9.77. The summed E-state index contributed by atoms with van der Waals surface area (Å²) >= 11 is 12.4. The molecule has 2 atom stereocenters. The van der Waals surface area contributed by atoms with E-state index < -0.39 is 15.4 Å². The largest absolute Gasteiger partial charge is 0.491 e. The summed E-state index contributed by atoms with van der Waals surface area (Å²) in [5, 5.41) is 9.78. The molecule has 1 aliphatic heterocycles. The molecule has 1 heterocycles. The van der Waals surface area contributed by atoms with Gasteiger partial charge >= 0.3 is 0 Å². The van der Waals surface area contributed by atoms with Crippen LogP contribution >= 0.6 is 23.2 Å². The second kappa shape index (κ2) is 10.9. The lowest BCUT2D eigenvalue weighted by Crippen LogP contribution is -2.29. The van der Waals surface area contributed by atoms with Gasteiger partial charge in [0, 0.05) is 5.41 Å². The molecule has 2 unspecified atom stereocenters. The fourth-order valence-electron chi connectivity index (χ4n) is 3.42. The van der Waals surface area contributed by atoms with Crippen LogP contribution in [0.4, 0.5) is 0 Å². The molecule has 0 aromatic heterocycles. The van der Waals surface area contributed by atoms with E-state index in [1.165, 1.54) is 0 Å². The smallest absolute Gasteiger partial charge is 0.299 e. The summed E-state index contributed by atoms with van der Waals surface area (Å²) in [5.74, 6) is 0.970. The molecule has 188 valence electrons. The molecule has 0 saturated heterocycles. The summed E-state index contributed by atoms with van der Waals surface area (Å²) in [6.45, 7) is 6.59. The molecule has 2 aromatic carbocycles. The minimum absolute atomic E-state index is 0.0258. The van der Waals surface area contributed by atoms with Crippen LogP contribution in [0.5, 0.6) is 11.5 Å². The molecular formula is C24H27Cl2N3O5S. The molecule has 35 heavy (non-hydrogen) atoms. The highest BCUT2D eigenvalue weighted by atomic mass is 35.5. The van der Waals surface area contributed by atoms with Gasteiger partial charge in [0.05, 0.1) is 22.2 Å². The van der Waals surface area contributed by atoms with Gasteiger partial charge in [-0.25, -0.2) is 18.1 Å². The van der Waals surface area contributed by atoms with E-state index in [2.05, 4.69) is 15.8 Å². The number of nitrogens with zero attached hydrogens (tertiary/aromatic N) is 2. The number of halogens is 2. The number of amidine groups is 1. The number of aliphatic imine (C=N–C) groups is 1. The molecule has 11 heteroatoms. The second-order valence-electron chi connectivity index (χ2n) is 8.77. The molecule has 8 nitrogen and oxygen atoms in total. The highest BCUT2D eigenvalue weighted by Crippen LogP contribution is 2.38. The molecular weight excluding hydrogens is 513 g/mol. The molecule has 0 aliphatic carbocycles. The van der Waals surface area contributed by atoms with Crippen molar-refractivity contribution in [2.45, 2.75) is 37.6 Å². The zero-order valence-corrected chi connectivity index (χ0v) is 22.2. The molecule has 0 fully saturated rings. The zero-order chi connectivity index (χ0) is 25.8. The third-order valence-corrected chi connectivity index (χ3v) is 6.30. The quantitative estimate of drug-likeness (QED) is 0.477. The Balaban J connectivity index is 1.70. The first-order valence-electron chi connectivity index (χ1n) is 10.8. The maximum Gasteiger partial charge on any atom is 0.299 e. The Kier molecular flexibility index (Phi) is 8.42. The molecule has 0 saturated carbocycles. The first-order chi connectivity index (χ1) is 16.4. The minimum Gasteiger partial charge on any atom is -0.491 e. The monoisotopic (exact) mass is 539 g/mol. The van der Waals surface area contributed by atoms with Gasteiger partial charge < -0.3 is 14.2 Å². The van der Waals surface area contributed by atoms with Crippen molar-refractivity contribution >= 4 is 39.2 Å². The van der Waals surface area contributed by atoms with Crippen molar-refractivity contribution in [3.63, 3.8) is 0 Å². The number of benzene rings is 2. The van der Waals surface area contributed by atoms with Crippen molar-refractivity contribution < 1.29 is 22.6 Å². The van der Waals surface area contributed by atoms with Crippen LogP contribution in [0.25, 0.3) is 0 Å². The molecule has 0 bridgehead atoms. The van der Waals surface area contributed by atoms with Crippen LogP contribution in [0.15, 0.2) is 41.4 Å². The van der Waals surface area contributed by atoms with Crippen molar-refractivity contribution in [3.8, 4) is 17.6 Å². The average molecular weight is 540 g/mol. The lowest BCUT2D eigenvalue weighted by molar-refractivity contribution is 0.241. The average Bonchev–Trinajstić information content (AvgIpc) is 3.22. The second-order valence-corrected chi connectivity index (χ2v) is 11.7. The van der Waals surface area contributed by atoms with E-state index in [9.17, 15) is 13.7 Å². The number of alkyl halides is 1. The Labute approximate surface area is 215 Å². The number of hydrogen-bond acceptors (Lipinski definition) is 7. The minimum atomic E-state index is -3.44. The third-order valence-electron chi connectivity index (χ3n) is 5.35. The number of rotatable bonds is 9. The molecule has 1 aliphatic rings. The molecule has 3 rings (SSSR count). The van der Waals surface area contributed by atoms with E-state index in [-0.39, 0.29) is 37.3 Å². The normalized spacial score (nSPS) is 16.6. The van der Waals surface area contributed by atoms with Crippen molar-refractivity contribution in [1.29, 1.82) is 5.26 Å². The predicted octanol–water partition coefficient (Wildman–Crippen LogP) is 4.23. The SMILES string of the molecule is CC(Cl)COc1c(Cl)cc(C(C)(C)c2ccc(OCC3COC(NS(C)(=O)=O)=N3)cc2)cc1C#N. The topological polar surface area (TPSA) is 110 Å². The van der Waals surface area contributed by atoms with E-state index in [0.29, 0.717) is 22.1 Å². The van der Waals surface area contributed by atoms with Crippen LogP contribution in [0.3, 0.4) is 0 Å². The summed E-state index contributed by atoms with van der Waals surface area (Å²) in [6.07, 6.45) is 1.03. The summed E-state index contributed by atoms with van der Waals surface area (Å²) in [4.78, 5) is 4.16. The van der Waals surface area contributed by atoms with Crippen LogP contribution in [-0.2, 0) is 20.2 Å². The Morgan fingerprint density at radius 3 is 2.54 bits per heavy atom. The standard InChI is InChI=1S/C24H27Cl2N3O5S/c1-15(25)12-33-22-16(11-27)9-18(10-21(22)26)24(2,3)17-5-7-20(8-6-17)32-13-19-14-34-23(28-19)29-35(4,30)31/h5-10,15,19H,12-14H2,1-4H3,(H,28,29). The number of ether oxygens (including phenoxy) is 3. The maximum atomic E-state index is 11.3. The van der Waals surface area contributed by atoms with Crippen molar-refractivity contribution in [1.82, 2.24) is 4.72 Å². The highest BCUT2D eigenvalue weighted by molar-refractivity contribution is 7.89. The predicted molar refractivity (Wildman–Crippen MR) is 136 cm³/mol. The molecule has 0 radical (unpaired) electrons. The Bertz CT molecular complexity index is 1240. The summed E-state index contributed by atoms with van der Waals surface area (Å²) in [7, 11) is -3.44. The molecule has 0 amide bonds. The number of nitriles is 1. The van der Waals surface area contributed by atoms with Crippen LogP contribution in [0.1, 0.15) is 37.5 Å². The first-order valence-corrected chi connectivity index (χ1v) is 13.5. The van der Waals surface area contributed by atoms with E-state index in [0.717, 1.165) is 17.4 Å². The van der Waals surface area contributed by atoms with Crippen molar-refractivity contribution in [2.75, 3.05) is 26.1 Å². The van der Waals surface area contributed by atoms with Gasteiger partial charge in [-0.3, -0.25) is 0 Å². The summed E-state index contributed by atoms with van der Waals surface area (Å²) in [5.41, 5.74) is 1.75. The van der Waals surface area contributed by atoms with E-state index >= 15 is 0 Å². The zero-order valence-electron chi connectivity index (χ0n) is 19.8. The van der Waals surface area contributed by atoms with Gasteiger partial charge in [0.15, 0.2) is 5.75 Å².